The molecule has 0 heterocycles. The van der Waals surface area contributed by atoms with Gasteiger partial charge in [0.25, 0.3) is 0 Å². The number of halogens is 1. The van der Waals surface area contributed by atoms with E-state index in [1.54, 1.807) is 0 Å². The molecule has 1 nitrogen and oxygen atoms in total. The second kappa shape index (κ2) is 3.77. The van der Waals surface area contributed by atoms with Crippen LogP contribution in [0.25, 0.3) is 0 Å². The smallest absolute Gasteiger partial charge is 0.120 e. The number of hydrogen-bond acceptors (Lipinski definition) is 1. The SMILES string of the molecule is CC(C)Oc1cc[c]c(Br)c1. The van der Waals surface area contributed by atoms with E-state index in [9.17, 15) is 0 Å². The maximum absolute atomic E-state index is 5.44. The highest BCUT2D eigenvalue weighted by Crippen LogP contribution is 2.17. The summed E-state index contributed by atoms with van der Waals surface area (Å²) in [5.74, 6) is 0.880. The largest absolute Gasteiger partial charge is 0.491 e. The first-order valence-electron chi connectivity index (χ1n) is 3.52. The molecule has 1 radical (unpaired) electrons. The molecule has 0 aliphatic carbocycles. The number of ether oxygens (including phenoxy) is 1. The van der Waals surface area contributed by atoms with E-state index in [0.29, 0.717) is 0 Å². The van der Waals surface area contributed by atoms with Crippen LogP contribution in [0.1, 0.15) is 13.8 Å². The topological polar surface area (TPSA) is 9.23 Å². The zero-order valence-electron chi connectivity index (χ0n) is 6.60. The van der Waals surface area contributed by atoms with Crippen LogP contribution in [0.5, 0.6) is 5.75 Å². The lowest BCUT2D eigenvalue weighted by Gasteiger charge is -2.08. The van der Waals surface area contributed by atoms with E-state index in [1.165, 1.54) is 0 Å². The van der Waals surface area contributed by atoms with Crippen LogP contribution < -0.4 is 4.74 Å². The van der Waals surface area contributed by atoms with E-state index in [4.69, 9.17) is 4.74 Å². The summed E-state index contributed by atoms with van der Waals surface area (Å²) in [6.07, 6.45) is 0.226. The highest BCUT2D eigenvalue weighted by molar-refractivity contribution is 9.10. The average molecular weight is 214 g/mol. The Morgan fingerprint density at radius 3 is 2.82 bits per heavy atom. The molecule has 59 valence electrons. The van der Waals surface area contributed by atoms with Crippen LogP contribution in [-0.4, -0.2) is 6.10 Å². The Kier molecular flexibility index (Phi) is 2.94. The fourth-order valence-corrected chi connectivity index (χ4v) is 1.12. The molecule has 1 rings (SSSR count). The molecule has 0 bridgehead atoms. The van der Waals surface area contributed by atoms with Crippen LogP contribution in [0.4, 0.5) is 0 Å². The quantitative estimate of drug-likeness (QED) is 0.735. The van der Waals surface area contributed by atoms with Gasteiger partial charge in [-0.2, -0.15) is 0 Å². The van der Waals surface area contributed by atoms with Crippen molar-refractivity contribution in [2.45, 2.75) is 20.0 Å². The fourth-order valence-electron chi connectivity index (χ4n) is 0.764. The van der Waals surface area contributed by atoms with Crippen molar-refractivity contribution in [2.24, 2.45) is 0 Å². The Morgan fingerprint density at radius 2 is 2.27 bits per heavy atom. The van der Waals surface area contributed by atoms with Gasteiger partial charge in [-0.1, -0.05) is 15.9 Å². The lowest BCUT2D eigenvalue weighted by atomic mass is 10.3. The third-order valence-electron chi connectivity index (χ3n) is 1.11. The Bertz CT molecular complexity index is 233. The average Bonchev–Trinajstić information content (AvgIpc) is 1.85. The Hall–Kier alpha value is -0.500. The van der Waals surface area contributed by atoms with Gasteiger partial charge in [-0.15, -0.1) is 0 Å². The molecule has 0 N–H and O–H groups in total. The van der Waals surface area contributed by atoms with Gasteiger partial charge in [0.1, 0.15) is 5.75 Å². The van der Waals surface area contributed by atoms with E-state index in [2.05, 4.69) is 22.0 Å². The Labute approximate surface area is 75.5 Å². The molecule has 0 spiro atoms. The van der Waals surface area contributed by atoms with Crippen LogP contribution in [-0.2, 0) is 0 Å². The molecular weight excluding hydrogens is 204 g/mol. The zero-order chi connectivity index (χ0) is 8.27. The maximum Gasteiger partial charge on any atom is 0.120 e. The standard InChI is InChI=1S/C9H10BrO/c1-7(2)11-9-5-3-4-8(10)6-9/h3,5-7H,1-2H3. The third-order valence-corrected chi connectivity index (χ3v) is 1.57. The van der Waals surface area contributed by atoms with Gasteiger partial charge in [-0.25, -0.2) is 0 Å². The number of benzene rings is 1. The van der Waals surface area contributed by atoms with Crippen molar-refractivity contribution >= 4 is 15.9 Å². The molecule has 1 aromatic carbocycles. The number of rotatable bonds is 2. The van der Waals surface area contributed by atoms with Gasteiger partial charge >= 0.3 is 0 Å². The molecule has 1 aromatic rings. The molecule has 0 saturated carbocycles. The summed E-state index contributed by atoms with van der Waals surface area (Å²) in [6.45, 7) is 4.01. The van der Waals surface area contributed by atoms with E-state index in [-0.39, 0.29) is 6.10 Å². The minimum atomic E-state index is 0.226. The van der Waals surface area contributed by atoms with Crippen LogP contribution in [0, 0.1) is 6.07 Å². The van der Waals surface area contributed by atoms with Crippen molar-refractivity contribution in [1.29, 1.82) is 0 Å². The third kappa shape index (κ3) is 2.93. The van der Waals surface area contributed by atoms with E-state index >= 15 is 0 Å². The minimum Gasteiger partial charge on any atom is -0.491 e. The highest BCUT2D eigenvalue weighted by atomic mass is 79.9. The van der Waals surface area contributed by atoms with Crippen molar-refractivity contribution in [1.82, 2.24) is 0 Å². The summed E-state index contributed by atoms with van der Waals surface area (Å²) in [6, 6.07) is 8.61. The second-order valence-corrected chi connectivity index (χ2v) is 3.39. The monoisotopic (exact) mass is 213 g/mol. The summed E-state index contributed by atoms with van der Waals surface area (Å²) < 4.78 is 6.37. The van der Waals surface area contributed by atoms with Crippen LogP contribution >= 0.6 is 15.9 Å². The minimum absolute atomic E-state index is 0.226. The number of hydrogen-bond donors (Lipinski definition) is 0. The van der Waals surface area contributed by atoms with Crippen molar-refractivity contribution in [3.8, 4) is 5.75 Å². The summed E-state index contributed by atoms with van der Waals surface area (Å²) >= 11 is 3.32. The molecule has 11 heavy (non-hydrogen) atoms. The molecule has 0 aromatic heterocycles. The first-order valence-corrected chi connectivity index (χ1v) is 4.31. The molecule has 0 aliphatic heterocycles. The van der Waals surface area contributed by atoms with Gasteiger partial charge < -0.3 is 4.74 Å². The molecule has 0 atom stereocenters. The molecule has 0 unspecified atom stereocenters. The van der Waals surface area contributed by atoms with Crippen molar-refractivity contribution in [3.63, 3.8) is 0 Å². The summed E-state index contributed by atoms with van der Waals surface area (Å²) in [5, 5.41) is 0. The van der Waals surface area contributed by atoms with Gasteiger partial charge in [0.15, 0.2) is 0 Å². The summed E-state index contributed by atoms with van der Waals surface area (Å²) in [5.41, 5.74) is 0. The van der Waals surface area contributed by atoms with Crippen LogP contribution in [0.3, 0.4) is 0 Å². The summed E-state index contributed by atoms with van der Waals surface area (Å²) in [7, 11) is 0. The lowest BCUT2D eigenvalue weighted by molar-refractivity contribution is 0.242. The van der Waals surface area contributed by atoms with Crippen LogP contribution in [0.15, 0.2) is 22.7 Å². The first kappa shape index (κ1) is 8.60. The lowest BCUT2D eigenvalue weighted by Crippen LogP contribution is -2.05. The van der Waals surface area contributed by atoms with Gasteiger partial charge in [-0.3, -0.25) is 0 Å². The zero-order valence-corrected chi connectivity index (χ0v) is 8.18. The molecule has 0 saturated heterocycles. The highest BCUT2D eigenvalue weighted by Gasteiger charge is 1.96. The van der Waals surface area contributed by atoms with Gasteiger partial charge in [-0.05, 0) is 38.1 Å². The molecular formula is C9H10BrO. The van der Waals surface area contributed by atoms with Crippen molar-refractivity contribution < 1.29 is 4.74 Å². The van der Waals surface area contributed by atoms with Crippen LogP contribution in [0.2, 0.25) is 0 Å². The van der Waals surface area contributed by atoms with Crippen molar-refractivity contribution in [3.05, 3.63) is 28.7 Å². The predicted molar refractivity (Wildman–Crippen MR) is 48.7 cm³/mol. The van der Waals surface area contributed by atoms with Gasteiger partial charge in [0, 0.05) is 4.47 Å². The van der Waals surface area contributed by atoms with Gasteiger partial charge in [0.05, 0.1) is 6.10 Å². The van der Waals surface area contributed by atoms with E-state index < -0.39 is 0 Å². The second-order valence-electron chi connectivity index (χ2n) is 2.54. The maximum atomic E-state index is 5.44. The van der Waals surface area contributed by atoms with Gasteiger partial charge in [0.2, 0.25) is 0 Å². The Balaban J connectivity index is 2.71. The molecule has 0 aliphatic rings. The molecule has 0 fully saturated rings. The normalized spacial score (nSPS) is 10.2. The predicted octanol–water partition coefficient (Wildman–Crippen LogP) is 3.04. The summed E-state index contributed by atoms with van der Waals surface area (Å²) in [4.78, 5) is 0. The fraction of sp³-hybridized carbons (Fsp3) is 0.333. The van der Waals surface area contributed by atoms with Crippen molar-refractivity contribution in [2.75, 3.05) is 0 Å². The van der Waals surface area contributed by atoms with E-state index in [1.807, 2.05) is 32.0 Å². The first-order chi connectivity index (χ1) is 5.18. The Morgan fingerprint density at radius 1 is 1.55 bits per heavy atom. The van der Waals surface area contributed by atoms with E-state index in [0.717, 1.165) is 10.2 Å². The molecule has 2 heteroatoms. The molecule has 0 amide bonds.